The molecule has 2 rings (SSSR count). The van der Waals surface area contributed by atoms with Crippen LogP contribution in [0.25, 0.3) is 0 Å². The van der Waals surface area contributed by atoms with E-state index >= 15 is 0 Å². The molecule has 2 heterocycles. The van der Waals surface area contributed by atoms with Crippen LogP contribution in [0.15, 0.2) is 30.9 Å². The molecule has 21 heavy (non-hydrogen) atoms. The van der Waals surface area contributed by atoms with Gasteiger partial charge in [-0.05, 0) is 11.6 Å². The lowest BCUT2D eigenvalue weighted by Gasteiger charge is -2.13. The van der Waals surface area contributed by atoms with E-state index in [1.54, 1.807) is 37.6 Å². The second kappa shape index (κ2) is 6.57. The Bertz CT molecular complexity index is 618. The van der Waals surface area contributed by atoms with Crippen molar-refractivity contribution in [3.63, 3.8) is 0 Å². The fraction of sp³-hybridized carbons (Fsp3) is 0.250. The molecule has 0 atom stereocenters. The Kier molecular flexibility index (Phi) is 4.57. The molecule has 0 unspecified atom stereocenters. The lowest BCUT2D eigenvalue weighted by Crippen LogP contribution is -2.21. The molecular weight excluding hydrogens is 274 g/mol. The van der Waals surface area contributed by atoms with Gasteiger partial charge in [0.1, 0.15) is 6.33 Å². The van der Waals surface area contributed by atoms with E-state index in [1.807, 2.05) is 6.07 Å². The summed E-state index contributed by atoms with van der Waals surface area (Å²) in [7, 11) is 3.43. The van der Waals surface area contributed by atoms with Crippen molar-refractivity contribution in [1.29, 1.82) is 0 Å². The Hall–Kier alpha value is -2.81. The predicted molar refractivity (Wildman–Crippen MR) is 77.6 cm³/mol. The molecule has 9 heteroatoms. The Morgan fingerprint density at radius 2 is 2.10 bits per heavy atom. The van der Waals surface area contributed by atoms with Crippen LogP contribution in [0.4, 0.5) is 17.3 Å². The second-order valence-electron chi connectivity index (χ2n) is 4.40. The fourth-order valence-electron chi connectivity index (χ4n) is 1.66. The minimum Gasteiger partial charge on any atom is -0.360 e. The van der Waals surface area contributed by atoms with Crippen LogP contribution in [-0.4, -0.2) is 39.0 Å². The topological polar surface area (TPSA) is 109 Å². The molecule has 0 aromatic carbocycles. The first-order valence-electron chi connectivity index (χ1n) is 6.14. The van der Waals surface area contributed by atoms with E-state index in [0.717, 1.165) is 5.56 Å². The van der Waals surface area contributed by atoms with Gasteiger partial charge < -0.3 is 5.32 Å². The van der Waals surface area contributed by atoms with Crippen molar-refractivity contribution in [3.05, 3.63) is 46.5 Å². The summed E-state index contributed by atoms with van der Waals surface area (Å²) in [5.41, 5.74) is 3.48. The third-order valence-corrected chi connectivity index (χ3v) is 2.52. The zero-order chi connectivity index (χ0) is 15.2. The Balaban J connectivity index is 2.24. The van der Waals surface area contributed by atoms with E-state index in [-0.39, 0.29) is 17.3 Å². The first-order valence-corrected chi connectivity index (χ1v) is 6.14. The van der Waals surface area contributed by atoms with E-state index in [2.05, 4.69) is 25.7 Å². The number of rotatable bonds is 6. The number of nitrogens with zero attached hydrogens (tertiary/aromatic N) is 5. The molecule has 0 saturated carbocycles. The molecule has 0 fully saturated rings. The number of pyridine rings is 1. The maximum absolute atomic E-state index is 11.3. The highest BCUT2D eigenvalue weighted by Gasteiger charge is 2.23. The van der Waals surface area contributed by atoms with Crippen molar-refractivity contribution < 1.29 is 4.92 Å². The van der Waals surface area contributed by atoms with Crippen LogP contribution in [0.1, 0.15) is 5.56 Å². The zero-order valence-corrected chi connectivity index (χ0v) is 11.6. The number of nitro groups is 1. The quantitative estimate of drug-likeness (QED) is 0.604. The van der Waals surface area contributed by atoms with Crippen molar-refractivity contribution in [2.45, 2.75) is 6.54 Å². The van der Waals surface area contributed by atoms with Crippen LogP contribution in [0.5, 0.6) is 0 Å². The fourth-order valence-corrected chi connectivity index (χ4v) is 1.66. The van der Waals surface area contributed by atoms with Gasteiger partial charge in [0.25, 0.3) is 0 Å². The van der Waals surface area contributed by atoms with E-state index < -0.39 is 4.92 Å². The van der Waals surface area contributed by atoms with Gasteiger partial charge in [-0.1, -0.05) is 6.07 Å². The second-order valence-corrected chi connectivity index (χ2v) is 4.40. The number of hydrazine groups is 1. The zero-order valence-electron chi connectivity index (χ0n) is 11.6. The van der Waals surface area contributed by atoms with Crippen LogP contribution in [0.3, 0.4) is 0 Å². The molecule has 0 aliphatic rings. The summed E-state index contributed by atoms with van der Waals surface area (Å²) in [6, 6.07) is 3.66. The first kappa shape index (κ1) is 14.6. The van der Waals surface area contributed by atoms with E-state index in [1.165, 1.54) is 6.33 Å². The third kappa shape index (κ3) is 3.83. The highest BCUT2D eigenvalue weighted by molar-refractivity contribution is 5.68. The molecule has 2 aromatic rings. The summed E-state index contributed by atoms with van der Waals surface area (Å²) in [5, 5.41) is 15.8. The highest BCUT2D eigenvalue weighted by Crippen LogP contribution is 2.29. The van der Waals surface area contributed by atoms with Crippen molar-refractivity contribution in [2.24, 2.45) is 0 Å². The van der Waals surface area contributed by atoms with Gasteiger partial charge in [-0.25, -0.2) is 15.0 Å². The third-order valence-electron chi connectivity index (χ3n) is 2.52. The number of hydrogen-bond donors (Lipinski definition) is 2. The number of aromatic nitrogens is 3. The monoisotopic (exact) mass is 289 g/mol. The molecule has 110 valence electrons. The Morgan fingerprint density at radius 3 is 2.71 bits per heavy atom. The summed E-state index contributed by atoms with van der Waals surface area (Å²) in [6.07, 6.45) is 4.61. The smallest absolute Gasteiger partial charge is 0.354 e. The van der Waals surface area contributed by atoms with Crippen molar-refractivity contribution in [1.82, 2.24) is 20.0 Å². The van der Waals surface area contributed by atoms with Crippen molar-refractivity contribution in [3.8, 4) is 0 Å². The van der Waals surface area contributed by atoms with Crippen LogP contribution < -0.4 is 10.7 Å². The Labute approximate surface area is 121 Å². The normalized spacial score (nSPS) is 10.4. The largest absolute Gasteiger partial charge is 0.360 e. The Morgan fingerprint density at radius 1 is 1.33 bits per heavy atom. The summed E-state index contributed by atoms with van der Waals surface area (Å²) in [5.74, 6) is 0.289. The van der Waals surface area contributed by atoms with Crippen molar-refractivity contribution >= 4 is 17.3 Å². The van der Waals surface area contributed by atoms with Crippen LogP contribution in [0, 0.1) is 10.1 Å². The van der Waals surface area contributed by atoms with Gasteiger partial charge in [-0.3, -0.25) is 20.5 Å². The van der Waals surface area contributed by atoms with E-state index in [0.29, 0.717) is 6.54 Å². The van der Waals surface area contributed by atoms with Gasteiger partial charge in [0.2, 0.25) is 11.6 Å². The summed E-state index contributed by atoms with van der Waals surface area (Å²) >= 11 is 0. The molecule has 9 nitrogen and oxygen atoms in total. The SMILES string of the molecule is CN(C)Nc1ncnc(NCc2cccnc2)c1[N+](=O)[O-]. The molecule has 0 bridgehead atoms. The molecule has 0 saturated heterocycles. The molecule has 0 aliphatic carbocycles. The average Bonchev–Trinajstić information content (AvgIpc) is 2.45. The van der Waals surface area contributed by atoms with Gasteiger partial charge in [-0.2, -0.15) is 0 Å². The van der Waals surface area contributed by atoms with Gasteiger partial charge in [0.05, 0.1) is 4.92 Å². The molecule has 2 N–H and O–H groups in total. The van der Waals surface area contributed by atoms with Crippen LogP contribution in [-0.2, 0) is 6.54 Å². The van der Waals surface area contributed by atoms with Gasteiger partial charge >= 0.3 is 5.69 Å². The maximum Gasteiger partial charge on any atom is 0.354 e. The van der Waals surface area contributed by atoms with Gasteiger partial charge in [0, 0.05) is 33.0 Å². The predicted octanol–water partition coefficient (Wildman–Crippen LogP) is 1.28. The van der Waals surface area contributed by atoms with Crippen LogP contribution >= 0.6 is 0 Å². The van der Waals surface area contributed by atoms with Gasteiger partial charge in [-0.15, -0.1) is 0 Å². The van der Waals surface area contributed by atoms with Crippen molar-refractivity contribution in [2.75, 3.05) is 24.8 Å². The molecule has 0 aliphatic heterocycles. The first-order chi connectivity index (χ1) is 10.1. The molecular formula is C12H15N7O2. The minimum absolute atomic E-state index is 0.133. The lowest BCUT2D eigenvalue weighted by atomic mass is 10.3. The average molecular weight is 289 g/mol. The number of anilines is 2. The maximum atomic E-state index is 11.3. The van der Waals surface area contributed by atoms with E-state index in [4.69, 9.17) is 0 Å². The summed E-state index contributed by atoms with van der Waals surface area (Å²) in [4.78, 5) is 22.6. The highest BCUT2D eigenvalue weighted by atomic mass is 16.6. The lowest BCUT2D eigenvalue weighted by molar-refractivity contribution is -0.383. The van der Waals surface area contributed by atoms with E-state index in [9.17, 15) is 10.1 Å². The minimum atomic E-state index is -0.516. The van der Waals surface area contributed by atoms with Crippen LogP contribution in [0.2, 0.25) is 0 Å². The molecule has 0 radical (unpaired) electrons. The molecule has 0 amide bonds. The standard InChI is InChI=1S/C12H15N7O2/c1-18(2)17-12-10(19(20)21)11(15-8-16-12)14-7-9-4-3-5-13-6-9/h3-6,8H,7H2,1-2H3,(H2,14,15,16,17). The number of hydrogen-bond acceptors (Lipinski definition) is 8. The van der Waals surface area contributed by atoms with Gasteiger partial charge in [0.15, 0.2) is 0 Å². The number of nitrogens with one attached hydrogen (secondary N) is 2. The summed E-state index contributed by atoms with van der Waals surface area (Å²) in [6.45, 7) is 0.382. The molecule has 2 aromatic heterocycles. The summed E-state index contributed by atoms with van der Waals surface area (Å²) < 4.78 is 0. The molecule has 0 spiro atoms.